The molecular formula is C72H136N2O7P+. The number of unbranched alkanes of at least 4 members (excludes halogenated alkanes) is 40. The summed E-state index contributed by atoms with van der Waals surface area (Å²) in [7, 11) is 1.50. The van der Waals surface area contributed by atoms with Gasteiger partial charge in [-0.15, -0.1) is 0 Å². The predicted octanol–water partition coefficient (Wildman–Crippen LogP) is 22.2. The molecule has 10 heteroatoms. The summed E-state index contributed by atoms with van der Waals surface area (Å²) in [4.78, 5) is 37.9. The normalized spacial score (nSPS) is 13.9. The third kappa shape index (κ3) is 62.2. The number of amides is 1. The van der Waals surface area contributed by atoms with Gasteiger partial charge in [0.15, 0.2) is 0 Å². The second kappa shape index (κ2) is 61.8. The van der Waals surface area contributed by atoms with E-state index in [1.807, 2.05) is 33.3 Å². The third-order valence-corrected chi connectivity index (χ3v) is 16.7. The maximum absolute atomic E-state index is 13.6. The van der Waals surface area contributed by atoms with Gasteiger partial charge in [-0.25, -0.2) is 4.57 Å². The van der Waals surface area contributed by atoms with Crippen molar-refractivity contribution >= 4 is 19.7 Å². The van der Waals surface area contributed by atoms with Crippen molar-refractivity contribution in [3.05, 3.63) is 60.8 Å². The number of phosphoric ester groups is 1. The minimum atomic E-state index is -4.46. The van der Waals surface area contributed by atoms with Crippen molar-refractivity contribution in [1.29, 1.82) is 0 Å². The molecule has 0 fully saturated rings. The average Bonchev–Trinajstić information content (AvgIpc) is 3.44. The molecule has 0 aromatic carbocycles. The van der Waals surface area contributed by atoms with Crippen molar-refractivity contribution in [2.45, 2.75) is 348 Å². The molecule has 480 valence electrons. The number of phosphoric acid groups is 1. The SMILES string of the molecule is CCCCC/C=C\C/C=C\C/C=C\CCCCCCCCCCC(=O)NC(COP(=O)(O)OCC[N+](C)(C)C)C(/C=C/CCCCCCCCCCCC)OC(=O)CCCCCCCCCCCCCCC/C=C/CCCCCCCC. The van der Waals surface area contributed by atoms with Crippen molar-refractivity contribution < 1.29 is 37.3 Å². The Bertz CT molecular complexity index is 1590. The molecule has 0 saturated carbocycles. The van der Waals surface area contributed by atoms with Gasteiger partial charge in [0, 0.05) is 12.8 Å². The van der Waals surface area contributed by atoms with Gasteiger partial charge in [0.2, 0.25) is 5.91 Å². The van der Waals surface area contributed by atoms with E-state index in [1.165, 1.54) is 218 Å². The van der Waals surface area contributed by atoms with Crippen LogP contribution in [0.3, 0.4) is 0 Å². The van der Waals surface area contributed by atoms with Crippen LogP contribution >= 0.6 is 7.82 Å². The second-order valence-electron chi connectivity index (χ2n) is 25.0. The summed E-state index contributed by atoms with van der Waals surface area (Å²) < 4.78 is 30.8. The van der Waals surface area contributed by atoms with Gasteiger partial charge in [-0.2, -0.15) is 0 Å². The van der Waals surface area contributed by atoms with Crippen molar-refractivity contribution in [2.75, 3.05) is 40.9 Å². The number of hydrogen-bond acceptors (Lipinski definition) is 6. The molecule has 0 bridgehead atoms. The number of hydrogen-bond donors (Lipinski definition) is 2. The molecule has 0 aliphatic carbocycles. The first-order chi connectivity index (χ1) is 39.9. The zero-order valence-electron chi connectivity index (χ0n) is 55.0. The van der Waals surface area contributed by atoms with Gasteiger partial charge in [0.05, 0.1) is 33.8 Å². The van der Waals surface area contributed by atoms with Crippen LogP contribution in [0.2, 0.25) is 0 Å². The van der Waals surface area contributed by atoms with Crippen LogP contribution in [-0.4, -0.2) is 74.3 Å². The molecule has 2 N–H and O–H groups in total. The van der Waals surface area contributed by atoms with E-state index in [0.29, 0.717) is 23.9 Å². The van der Waals surface area contributed by atoms with Gasteiger partial charge in [-0.3, -0.25) is 18.6 Å². The Labute approximate surface area is 509 Å². The van der Waals surface area contributed by atoms with Gasteiger partial charge in [-0.1, -0.05) is 287 Å². The van der Waals surface area contributed by atoms with E-state index >= 15 is 0 Å². The van der Waals surface area contributed by atoms with Crippen LogP contribution in [0.25, 0.3) is 0 Å². The number of rotatable bonds is 64. The standard InChI is InChI=1S/C72H135N2O7P/c1-7-10-13-16-19-22-25-28-30-32-34-36-37-39-41-43-45-47-50-53-56-59-62-65-72(76)81-70(63-60-57-54-51-48-27-24-21-18-15-12-9-3)69(68-80-82(77,78)79-67-66-74(4,5)6)73-71(75)64-61-58-55-52-49-46-44-42-40-38-35-33-31-29-26-23-20-17-14-11-8-2/h20,23,28-31,35,38,60,63,69-70H,7-19,21-22,24-27,32-34,36-37,39-59,61-62,64-68H2,1-6H3,(H-,73,75,77,78)/p+1/b23-20-,30-28+,31-29-,38-35-,63-60+. The van der Waals surface area contributed by atoms with E-state index in [2.05, 4.69) is 74.7 Å². The molecular weight excluding hydrogens is 1040 g/mol. The molecule has 0 saturated heterocycles. The molecule has 3 unspecified atom stereocenters. The first-order valence-corrected chi connectivity index (χ1v) is 36.6. The summed E-state index contributed by atoms with van der Waals surface area (Å²) >= 11 is 0. The topological polar surface area (TPSA) is 111 Å². The Morgan fingerprint density at radius 2 is 0.744 bits per heavy atom. The number of nitrogens with one attached hydrogen (secondary N) is 1. The number of allylic oxidation sites excluding steroid dienone is 9. The molecule has 0 aliphatic heterocycles. The molecule has 0 aliphatic rings. The molecule has 3 atom stereocenters. The first kappa shape index (κ1) is 79.7. The smallest absolute Gasteiger partial charge is 0.456 e. The third-order valence-electron chi connectivity index (χ3n) is 15.7. The van der Waals surface area contributed by atoms with Crippen molar-refractivity contribution in [2.24, 2.45) is 0 Å². The summed E-state index contributed by atoms with van der Waals surface area (Å²) in [6, 6.07) is -0.853. The molecule has 0 aromatic heterocycles. The number of quaternary nitrogens is 1. The van der Waals surface area contributed by atoms with Crippen LogP contribution in [-0.2, 0) is 27.9 Å². The van der Waals surface area contributed by atoms with Gasteiger partial charge in [-0.05, 0) is 96.0 Å². The van der Waals surface area contributed by atoms with E-state index in [-0.39, 0.29) is 25.1 Å². The van der Waals surface area contributed by atoms with Gasteiger partial charge < -0.3 is 19.4 Å². The largest absolute Gasteiger partial charge is 0.472 e. The zero-order valence-corrected chi connectivity index (χ0v) is 55.9. The molecule has 0 radical (unpaired) electrons. The fourth-order valence-corrected chi connectivity index (χ4v) is 11.0. The molecule has 9 nitrogen and oxygen atoms in total. The highest BCUT2D eigenvalue weighted by atomic mass is 31.2. The van der Waals surface area contributed by atoms with Crippen LogP contribution < -0.4 is 5.32 Å². The Morgan fingerprint density at radius 3 is 1.15 bits per heavy atom. The first-order valence-electron chi connectivity index (χ1n) is 35.1. The fraction of sp³-hybridized carbons (Fsp3) is 0.833. The summed E-state index contributed by atoms with van der Waals surface area (Å²) in [5.41, 5.74) is 0. The number of esters is 1. The Hall–Kier alpha value is -2.29. The Balaban J connectivity index is 5.10. The molecule has 1 amide bonds. The predicted molar refractivity (Wildman–Crippen MR) is 355 cm³/mol. The minimum absolute atomic E-state index is 0.0385. The van der Waals surface area contributed by atoms with E-state index in [4.69, 9.17) is 13.8 Å². The van der Waals surface area contributed by atoms with Gasteiger partial charge in [0.25, 0.3) is 0 Å². The summed E-state index contributed by atoms with van der Waals surface area (Å²) in [5.74, 6) is -0.502. The minimum Gasteiger partial charge on any atom is -0.456 e. The molecule has 82 heavy (non-hydrogen) atoms. The number of carbonyl (C=O) groups is 2. The Morgan fingerprint density at radius 1 is 0.427 bits per heavy atom. The quantitative estimate of drug-likeness (QED) is 0.0205. The molecule has 0 spiro atoms. The van der Waals surface area contributed by atoms with Crippen molar-refractivity contribution in [1.82, 2.24) is 5.32 Å². The van der Waals surface area contributed by atoms with Crippen molar-refractivity contribution in [3.8, 4) is 0 Å². The van der Waals surface area contributed by atoms with E-state index in [0.717, 1.165) is 83.5 Å². The van der Waals surface area contributed by atoms with Crippen LogP contribution in [0.1, 0.15) is 335 Å². The summed E-state index contributed by atoms with van der Waals surface area (Å²) in [6.07, 6.45) is 79.4. The maximum Gasteiger partial charge on any atom is 0.472 e. The number of nitrogens with zero attached hydrogens (tertiary/aromatic N) is 1. The monoisotopic (exact) mass is 1170 g/mol. The lowest BCUT2D eigenvalue weighted by atomic mass is 10.0. The highest BCUT2D eigenvalue weighted by molar-refractivity contribution is 7.47. The highest BCUT2D eigenvalue weighted by Crippen LogP contribution is 2.43. The summed E-state index contributed by atoms with van der Waals surface area (Å²) in [5, 5.41) is 3.07. The highest BCUT2D eigenvalue weighted by Gasteiger charge is 2.30. The molecule has 0 rings (SSSR count). The lowest BCUT2D eigenvalue weighted by Gasteiger charge is -2.27. The Kier molecular flexibility index (Phi) is 60.1. The number of carbonyl (C=O) groups excluding carboxylic acids is 2. The van der Waals surface area contributed by atoms with Crippen LogP contribution in [0.5, 0.6) is 0 Å². The fourth-order valence-electron chi connectivity index (χ4n) is 10.2. The maximum atomic E-state index is 13.6. The number of likely N-dealkylation sites (N-methyl/N-ethyl adjacent to an activating group) is 1. The lowest BCUT2D eigenvalue weighted by molar-refractivity contribution is -0.870. The van der Waals surface area contributed by atoms with E-state index in [9.17, 15) is 19.0 Å². The number of ether oxygens (including phenoxy) is 1. The van der Waals surface area contributed by atoms with Gasteiger partial charge >= 0.3 is 13.8 Å². The van der Waals surface area contributed by atoms with E-state index in [1.54, 1.807) is 0 Å². The molecule has 0 aromatic rings. The molecule has 0 heterocycles. The second-order valence-corrected chi connectivity index (χ2v) is 26.5. The average molecular weight is 1170 g/mol. The van der Waals surface area contributed by atoms with Crippen LogP contribution in [0, 0.1) is 0 Å². The van der Waals surface area contributed by atoms with E-state index < -0.39 is 20.0 Å². The van der Waals surface area contributed by atoms with Crippen molar-refractivity contribution in [3.63, 3.8) is 0 Å². The van der Waals surface area contributed by atoms with Gasteiger partial charge in [0.1, 0.15) is 19.3 Å². The lowest BCUT2D eigenvalue weighted by Crippen LogP contribution is -2.47. The van der Waals surface area contributed by atoms with Crippen LogP contribution in [0.4, 0.5) is 0 Å². The van der Waals surface area contributed by atoms with Crippen LogP contribution in [0.15, 0.2) is 60.8 Å². The zero-order chi connectivity index (χ0) is 60.0. The summed E-state index contributed by atoms with van der Waals surface area (Å²) in [6.45, 7) is 7.01.